The van der Waals surface area contributed by atoms with Gasteiger partial charge >= 0.3 is 7.80 Å². The van der Waals surface area contributed by atoms with Crippen LogP contribution < -0.4 is 0 Å². The van der Waals surface area contributed by atoms with Crippen molar-refractivity contribution in [1.82, 2.24) is 0 Å². The van der Waals surface area contributed by atoms with Crippen LogP contribution in [0.15, 0.2) is 60.7 Å². The monoisotopic (exact) mass is 255 g/mol. The van der Waals surface area contributed by atoms with Crippen LogP contribution in [0.4, 0.5) is 0 Å². The maximum Gasteiger partial charge on any atom is 0.354 e. The molecule has 2 aromatic carbocycles. The summed E-state index contributed by atoms with van der Waals surface area (Å²) in [5.41, 5.74) is 2.95. The van der Waals surface area contributed by atoms with Gasteiger partial charge in [0.1, 0.15) is 0 Å². The van der Waals surface area contributed by atoms with Gasteiger partial charge in [-0.25, -0.2) is 0 Å². The molecule has 1 saturated heterocycles. The van der Waals surface area contributed by atoms with Gasteiger partial charge in [0, 0.05) is 24.0 Å². The minimum Gasteiger partial charge on any atom is -0.0734 e. The average Bonchev–Trinajstić information content (AvgIpc) is 2.83. The summed E-state index contributed by atoms with van der Waals surface area (Å²) in [6.07, 6.45) is 2.08. The quantitative estimate of drug-likeness (QED) is 0.683. The van der Waals surface area contributed by atoms with E-state index in [2.05, 4.69) is 24.3 Å². The second-order valence-electron chi connectivity index (χ2n) is 4.79. The Labute approximate surface area is 109 Å². The Morgan fingerprint density at radius 1 is 0.722 bits per heavy atom. The van der Waals surface area contributed by atoms with Crippen LogP contribution in [0.1, 0.15) is 35.3 Å². The van der Waals surface area contributed by atoms with Gasteiger partial charge in [-0.3, -0.25) is 0 Å². The van der Waals surface area contributed by atoms with Crippen molar-refractivity contribution in [3.63, 3.8) is 0 Å². The van der Waals surface area contributed by atoms with E-state index in [9.17, 15) is 4.57 Å². The molecule has 0 aliphatic carbocycles. The maximum atomic E-state index is 12.7. The molecule has 2 heteroatoms. The summed E-state index contributed by atoms with van der Waals surface area (Å²) >= 11 is 0. The molecular weight excluding hydrogens is 239 g/mol. The molecule has 1 fully saturated rings. The van der Waals surface area contributed by atoms with Crippen molar-refractivity contribution < 1.29 is 4.57 Å². The zero-order chi connectivity index (χ0) is 12.4. The molecule has 1 aliphatic rings. The Kier molecular flexibility index (Phi) is 3.25. The van der Waals surface area contributed by atoms with Crippen molar-refractivity contribution in [2.24, 2.45) is 0 Å². The third kappa shape index (κ3) is 2.11. The van der Waals surface area contributed by atoms with Crippen LogP contribution in [0.5, 0.6) is 0 Å². The second kappa shape index (κ2) is 5.04. The molecule has 1 heterocycles. The molecule has 0 bridgehead atoms. The summed E-state index contributed by atoms with van der Waals surface area (Å²) in [7, 11) is -1.19. The summed E-state index contributed by atoms with van der Waals surface area (Å²) in [6, 6.07) is 20.6. The van der Waals surface area contributed by atoms with Crippen molar-refractivity contribution >= 4 is 7.80 Å². The van der Waals surface area contributed by atoms with Crippen molar-refractivity contribution in [2.45, 2.75) is 24.2 Å². The van der Waals surface area contributed by atoms with Crippen LogP contribution in [0.2, 0.25) is 0 Å². The van der Waals surface area contributed by atoms with Gasteiger partial charge in [-0.05, 0) is 0 Å². The molecule has 90 valence electrons. The summed E-state index contributed by atoms with van der Waals surface area (Å²) in [5, 5.41) is 0. The molecule has 1 aliphatic heterocycles. The third-order valence-corrected chi connectivity index (χ3v) is 6.04. The molecule has 3 rings (SSSR count). The van der Waals surface area contributed by atoms with E-state index in [-0.39, 0.29) is 11.3 Å². The first kappa shape index (κ1) is 11.6. The molecule has 0 aromatic heterocycles. The van der Waals surface area contributed by atoms with E-state index in [4.69, 9.17) is 0 Å². The predicted molar refractivity (Wildman–Crippen MR) is 75.2 cm³/mol. The summed E-state index contributed by atoms with van der Waals surface area (Å²) < 4.78 is 12.7. The summed E-state index contributed by atoms with van der Waals surface area (Å²) in [4.78, 5) is 0. The highest BCUT2D eigenvalue weighted by Crippen LogP contribution is 2.62. The van der Waals surface area contributed by atoms with Gasteiger partial charge in [-0.2, -0.15) is 0 Å². The zero-order valence-corrected chi connectivity index (χ0v) is 11.1. The summed E-state index contributed by atoms with van der Waals surface area (Å²) in [5.74, 6) is 0. The molecule has 18 heavy (non-hydrogen) atoms. The fourth-order valence-corrected chi connectivity index (χ4v) is 4.94. The molecule has 1 nitrogen and oxygen atoms in total. The lowest BCUT2D eigenvalue weighted by Crippen LogP contribution is -1.88. The Bertz CT molecular complexity index is 486. The maximum absolute atomic E-state index is 12.7. The molecule has 0 amide bonds. The highest BCUT2D eigenvalue weighted by Gasteiger charge is 2.47. The standard InChI is InChI=1S/C16H16OP/c17-18-15(13-7-3-1-4-8-13)11-12-16(18)14-9-5-2-6-10-14/h1-10,15-16H,11-12H2/q+1/t15-,16?/m0/s1. The van der Waals surface area contributed by atoms with E-state index in [0.717, 1.165) is 12.8 Å². The molecule has 0 spiro atoms. The van der Waals surface area contributed by atoms with E-state index >= 15 is 0 Å². The van der Waals surface area contributed by atoms with Crippen LogP contribution in [0.25, 0.3) is 0 Å². The van der Waals surface area contributed by atoms with Gasteiger partial charge in [0.05, 0.1) is 0 Å². The lowest BCUT2D eigenvalue weighted by Gasteiger charge is -2.01. The lowest BCUT2D eigenvalue weighted by atomic mass is 10.0. The number of hydrogen-bond acceptors (Lipinski definition) is 1. The molecular formula is C16H16OP+. The smallest absolute Gasteiger partial charge is 0.0734 e. The fraction of sp³-hybridized carbons (Fsp3) is 0.250. The second-order valence-corrected chi connectivity index (χ2v) is 6.76. The van der Waals surface area contributed by atoms with E-state index in [1.54, 1.807) is 0 Å². The Morgan fingerprint density at radius 3 is 1.50 bits per heavy atom. The van der Waals surface area contributed by atoms with Gasteiger partial charge in [0.2, 0.25) is 0 Å². The van der Waals surface area contributed by atoms with Gasteiger partial charge in [-0.1, -0.05) is 65.2 Å². The highest BCUT2D eigenvalue weighted by molar-refractivity contribution is 7.46. The predicted octanol–water partition coefficient (Wildman–Crippen LogP) is 5.09. The largest absolute Gasteiger partial charge is 0.354 e. The Balaban J connectivity index is 1.86. The van der Waals surface area contributed by atoms with Gasteiger partial charge in [0.15, 0.2) is 11.3 Å². The van der Waals surface area contributed by atoms with E-state index < -0.39 is 7.80 Å². The molecule has 0 N–H and O–H groups in total. The Morgan fingerprint density at radius 2 is 1.11 bits per heavy atom. The van der Waals surface area contributed by atoms with E-state index in [1.807, 2.05) is 36.4 Å². The van der Waals surface area contributed by atoms with Crippen molar-refractivity contribution in [3.8, 4) is 0 Å². The van der Waals surface area contributed by atoms with Crippen molar-refractivity contribution in [1.29, 1.82) is 0 Å². The normalized spacial score (nSPS) is 25.2. The van der Waals surface area contributed by atoms with Gasteiger partial charge in [-0.15, -0.1) is 0 Å². The Hall–Kier alpha value is -1.46. The SMILES string of the molecule is O=[P+]1C(c2ccccc2)CC[C@H]1c1ccccc1. The molecule has 2 unspecified atom stereocenters. The van der Waals surface area contributed by atoms with Crippen molar-refractivity contribution in [2.75, 3.05) is 0 Å². The van der Waals surface area contributed by atoms with E-state index in [1.165, 1.54) is 11.1 Å². The van der Waals surface area contributed by atoms with Gasteiger partial charge in [0.25, 0.3) is 0 Å². The van der Waals surface area contributed by atoms with E-state index in [0.29, 0.717) is 0 Å². The first-order chi connectivity index (χ1) is 8.86. The van der Waals surface area contributed by atoms with Crippen LogP contribution in [0, 0.1) is 0 Å². The third-order valence-electron chi connectivity index (χ3n) is 3.70. The minimum atomic E-state index is -1.19. The van der Waals surface area contributed by atoms with Crippen LogP contribution in [-0.2, 0) is 4.57 Å². The average molecular weight is 255 g/mol. The number of hydrogen-bond donors (Lipinski definition) is 0. The lowest BCUT2D eigenvalue weighted by molar-refractivity contribution is 0.581. The minimum absolute atomic E-state index is 0.242. The number of benzene rings is 2. The highest BCUT2D eigenvalue weighted by atomic mass is 31.1. The zero-order valence-electron chi connectivity index (χ0n) is 10.2. The van der Waals surface area contributed by atoms with Crippen LogP contribution in [-0.4, -0.2) is 0 Å². The van der Waals surface area contributed by atoms with Crippen molar-refractivity contribution in [3.05, 3.63) is 71.8 Å². The number of rotatable bonds is 2. The summed E-state index contributed by atoms with van der Waals surface area (Å²) in [6.45, 7) is 0. The van der Waals surface area contributed by atoms with Crippen LogP contribution in [0.3, 0.4) is 0 Å². The molecule has 3 atom stereocenters. The first-order valence-electron chi connectivity index (χ1n) is 6.41. The molecule has 2 aromatic rings. The fourth-order valence-electron chi connectivity index (χ4n) is 2.76. The first-order valence-corrected chi connectivity index (χ1v) is 7.81. The van der Waals surface area contributed by atoms with Gasteiger partial charge < -0.3 is 0 Å². The molecule has 0 radical (unpaired) electrons. The topological polar surface area (TPSA) is 17.1 Å². The molecule has 0 saturated carbocycles. The van der Waals surface area contributed by atoms with Crippen LogP contribution >= 0.6 is 7.80 Å².